The van der Waals surface area contributed by atoms with Crippen molar-refractivity contribution in [3.05, 3.63) is 88.4 Å². The lowest BCUT2D eigenvalue weighted by molar-refractivity contribution is -0.139. The first kappa shape index (κ1) is 28.9. The monoisotopic (exact) mass is 581 g/mol. The van der Waals surface area contributed by atoms with Gasteiger partial charge in [-0.05, 0) is 86.2 Å². The molecule has 0 aliphatic rings. The minimum absolute atomic E-state index is 0.00430. The molecule has 0 saturated carbocycles. The van der Waals surface area contributed by atoms with Crippen molar-refractivity contribution in [3.8, 4) is 16.9 Å². The molecule has 7 nitrogen and oxygen atoms in total. The first-order valence-electron chi connectivity index (χ1n) is 12.5. The third kappa shape index (κ3) is 9.03. The molecular formula is C30H32BrNO6. The molecular weight excluding hydrogens is 550 g/mol. The van der Waals surface area contributed by atoms with E-state index in [1.165, 1.54) is 0 Å². The smallest absolute Gasteiger partial charge is 0.494 e. The summed E-state index contributed by atoms with van der Waals surface area (Å²) in [7, 11) is 0. The molecule has 0 aromatic heterocycles. The van der Waals surface area contributed by atoms with Crippen LogP contribution < -0.4 is 4.74 Å². The third-order valence-corrected chi connectivity index (χ3v) is 6.41. The molecule has 3 rings (SSSR count). The van der Waals surface area contributed by atoms with Gasteiger partial charge in [-0.25, -0.2) is 4.79 Å². The maximum atomic E-state index is 13.4. The van der Waals surface area contributed by atoms with Gasteiger partial charge in [-0.1, -0.05) is 52.3 Å². The van der Waals surface area contributed by atoms with Crippen LogP contribution in [-0.2, 0) is 16.1 Å². The highest BCUT2D eigenvalue weighted by molar-refractivity contribution is 9.10. The number of halogens is 1. The number of carboxylic acid groups (broad SMARTS) is 1. The molecule has 0 radical (unpaired) electrons. The number of unbranched alkanes of at least 4 members (excludes halogenated alkanes) is 2. The van der Waals surface area contributed by atoms with Gasteiger partial charge in [0, 0.05) is 29.0 Å². The lowest BCUT2D eigenvalue weighted by Crippen LogP contribution is -2.36. The minimum atomic E-state index is -1.58. The van der Waals surface area contributed by atoms with Crippen molar-refractivity contribution in [1.82, 2.24) is 4.90 Å². The van der Waals surface area contributed by atoms with Crippen LogP contribution in [0.1, 0.15) is 55.5 Å². The van der Waals surface area contributed by atoms with Crippen LogP contribution in [0.25, 0.3) is 11.1 Å². The van der Waals surface area contributed by atoms with Crippen LogP contribution in [-0.4, -0.2) is 40.7 Å². The third-order valence-electron chi connectivity index (χ3n) is 5.92. The van der Waals surface area contributed by atoms with E-state index in [1.54, 1.807) is 0 Å². The molecule has 1 N–H and O–H groups in total. The molecule has 0 spiro atoms. The Hall–Kier alpha value is -3.65. The quantitative estimate of drug-likeness (QED) is 0.137. The fraction of sp³-hybridized carbons (Fsp3) is 0.300. The Labute approximate surface area is 231 Å². The molecule has 0 aliphatic heterocycles. The SMILES string of the molecule is CC(C)N(Cc1cccc(OCCCCCC(=O)OC(=O)O)c1)C(=O)c1ccc(-c2cccc(Br)c2)cc1. The van der Waals surface area contributed by atoms with Gasteiger partial charge >= 0.3 is 12.1 Å². The lowest BCUT2D eigenvalue weighted by atomic mass is 10.0. The number of rotatable bonds is 12. The number of ether oxygens (including phenoxy) is 2. The summed E-state index contributed by atoms with van der Waals surface area (Å²) in [5.41, 5.74) is 3.73. The summed E-state index contributed by atoms with van der Waals surface area (Å²) in [5, 5.41) is 8.42. The van der Waals surface area contributed by atoms with Crippen molar-refractivity contribution in [3.63, 3.8) is 0 Å². The highest BCUT2D eigenvalue weighted by Crippen LogP contribution is 2.24. The number of hydrogen-bond donors (Lipinski definition) is 1. The van der Waals surface area contributed by atoms with Crippen LogP contribution in [0, 0.1) is 0 Å². The largest absolute Gasteiger partial charge is 0.513 e. The molecule has 0 bridgehead atoms. The van der Waals surface area contributed by atoms with E-state index in [0.29, 0.717) is 37.3 Å². The Balaban J connectivity index is 1.55. The van der Waals surface area contributed by atoms with E-state index in [2.05, 4.69) is 20.7 Å². The zero-order valence-electron chi connectivity index (χ0n) is 21.6. The Bertz CT molecular complexity index is 1240. The number of hydrogen-bond acceptors (Lipinski definition) is 5. The van der Waals surface area contributed by atoms with Crippen molar-refractivity contribution in [2.24, 2.45) is 0 Å². The molecule has 3 aromatic carbocycles. The molecule has 0 aliphatic carbocycles. The van der Waals surface area contributed by atoms with Gasteiger partial charge in [0.05, 0.1) is 6.61 Å². The van der Waals surface area contributed by atoms with E-state index < -0.39 is 12.1 Å². The summed E-state index contributed by atoms with van der Waals surface area (Å²) >= 11 is 3.50. The van der Waals surface area contributed by atoms with Crippen molar-refractivity contribution in [2.45, 2.75) is 52.1 Å². The molecule has 0 unspecified atom stereocenters. The van der Waals surface area contributed by atoms with Gasteiger partial charge < -0.3 is 19.5 Å². The summed E-state index contributed by atoms with van der Waals surface area (Å²) in [4.78, 5) is 36.8. The topological polar surface area (TPSA) is 93.1 Å². The molecule has 0 atom stereocenters. The van der Waals surface area contributed by atoms with Gasteiger partial charge in [0.25, 0.3) is 5.91 Å². The van der Waals surface area contributed by atoms with Crippen LogP contribution in [0.4, 0.5) is 4.79 Å². The maximum absolute atomic E-state index is 13.4. The first-order valence-corrected chi connectivity index (χ1v) is 13.3. The van der Waals surface area contributed by atoms with Crippen molar-refractivity contribution < 1.29 is 29.0 Å². The second-order valence-electron chi connectivity index (χ2n) is 9.16. The van der Waals surface area contributed by atoms with E-state index in [-0.39, 0.29) is 18.4 Å². The Morgan fingerprint density at radius 3 is 2.32 bits per heavy atom. The van der Waals surface area contributed by atoms with Crippen molar-refractivity contribution in [1.29, 1.82) is 0 Å². The predicted octanol–water partition coefficient (Wildman–Crippen LogP) is 7.33. The van der Waals surface area contributed by atoms with Crippen LogP contribution >= 0.6 is 15.9 Å². The van der Waals surface area contributed by atoms with Crippen LogP contribution in [0.15, 0.2) is 77.3 Å². The van der Waals surface area contributed by atoms with Gasteiger partial charge in [0.15, 0.2) is 0 Å². The van der Waals surface area contributed by atoms with Gasteiger partial charge in [-0.3, -0.25) is 9.59 Å². The molecule has 8 heteroatoms. The van der Waals surface area contributed by atoms with Crippen molar-refractivity contribution in [2.75, 3.05) is 6.61 Å². The maximum Gasteiger partial charge on any atom is 0.513 e. The van der Waals surface area contributed by atoms with E-state index in [1.807, 2.05) is 91.5 Å². The molecule has 0 saturated heterocycles. The summed E-state index contributed by atoms with van der Waals surface area (Å²) in [6, 6.07) is 23.4. The molecule has 0 heterocycles. The number of esters is 1. The highest BCUT2D eigenvalue weighted by atomic mass is 79.9. The first-order chi connectivity index (χ1) is 18.2. The van der Waals surface area contributed by atoms with Gasteiger partial charge in [0.2, 0.25) is 0 Å². The number of benzene rings is 3. The average Bonchev–Trinajstić information content (AvgIpc) is 2.88. The van der Waals surface area contributed by atoms with Gasteiger partial charge in [-0.15, -0.1) is 0 Å². The number of nitrogens with zero attached hydrogens (tertiary/aromatic N) is 1. The second-order valence-corrected chi connectivity index (χ2v) is 10.1. The standard InChI is InChI=1S/C30H32BrNO6/c1-21(2)32(29(34)24-15-13-23(14-16-24)25-9-7-10-26(31)19-25)20-22-8-6-11-27(18-22)37-17-5-3-4-12-28(33)38-30(35)36/h6-11,13-16,18-19,21H,3-5,12,17,20H2,1-2H3,(H,35,36). The van der Waals surface area contributed by atoms with Crippen LogP contribution in [0.3, 0.4) is 0 Å². The predicted molar refractivity (Wildman–Crippen MR) is 149 cm³/mol. The lowest BCUT2D eigenvalue weighted by Gasteiger charge is -2.27. The number of carbonyl (C=O) groups is 3. The summed E-state index contributed by atoms with van der Waals surface area (Å²) in [6.07, 6.45) is 0.449. The molecule has 0 fully saturated rings. The Morgan fingerprint density at radius 1 is 0.895 bits per heavy atom. The molecule has 1 amide bonds. The van der Waals surface area contributed by atoms with Crippen molar-refractivity contribution >= 4 is 34.0 Å². The summed E-state index contributed by atoms with van der Waals surface area (Å²) in [5.74, 6) is -0.0633. The number of carbonyl (C=O) groups excluding carboxylic acids is 2. The van der Waals surface area contributed by atoms with E-state index in [0.717, 1.165) is 27.6 Å². The van der Waals surface area contributed by atoms with Crippen LogP contribution in [0.2, 0.25) is 0 Å². The minimum Gasteiger partial charge on any atom is -0.494 e. The fourth-order valence-electron chi connectivity index (χ4n) is 3.94. The fourth-order valence-corrected chi connectivity index (χ4v) is 4.34. The second kappa shape index (κ2) is 14.3. The van der Waals surface area contributed by atoms with Gasteiger partial charge in [0.1, 0.15) is 5.75 Å². The van der Waals surface area contributed by atoms with E-state index in [4.69, 9.17) is 9.84 Å². The van der Waals surface area contributed by atoms with E-state index >= 15 is 0 Å². The van der Waals surface area contributed by atoms with Crippen LogP contribution in [0.5, 0.6) is 5.75 Å². The summed E-state index contributed by atoms with van der Waals surface area (Å²) < 4.78 is 10.9. The Kier molecular flexibility index (Phi) is 10.9. The normalized spacial score (nSPS) is 10.7. The average molecular weight is 582 g/mol. The molecule has 3 aromatic rings. The zero-order chi connectivity index (χ0) is 27.5. The zero-order valence-corrected chi connectivity index (χ0v) is 23.1. The summed E-state index contributed by atoms with van der Waals surface area (Å²) in [6.45, 7) is 4.92. The highest BCUT2D eigenvalue weighted by Gasteiger charge is 2.19. The van der Waals surface area contributed by atoms with E-state index in [9.17, 15) is 14.4 Å². The molecule has 38 heavy (non-hydrogen) atoms. The number of amides is 1. The molecule has 200 valence electrons. The Morgan fingerprint density at radius 2 is 1.63 bits per heavy atom. The van der Waals surface area contributed by atoms with Gasteiger partial charge in [-0.2, -0.15) is 0 Å².